The maximum Gasteiger partial charge on any atom is 0.258 e. The molecular formula is C14H21FN2O2. The molecule has 0 radical (unpaired) electrons. The number of carbonyl (C=O) groups excluding carboxylic acids is 1. The summed E-state index contributed by atoms with van der Waals surface area (Å²) < 4.78 is 19.0. The molecule has 0 saturated carbocycles. The predicted octanol–water partition coefficient (Wildman–Crippen LogP) is 1.62. The van der Waals surface area contributed by atoms with Gasteiger partial charge < -0.3 is 15.8 Å². The van der Waals surface area contributed by atoms with Crippen molar-refractivity contribution in [3.8, 4) is 5.75 Å². The lowest BCUT2D eigenvalue weighted by molar-refractivity contribution is -0.123. The van der Waals surface area contributed by atoms with E-state index in [2.05, 4.69) is 5.32 Å². The molecule has 0 spiro atoms. The number of carbonyl (C=O) groups is 1. The van der Waals surface area contributed by atoms with Crippen molar-refractivity contribution >= 4 is 5.91 Å². The minimum Gasteiger partial charge on any atom is -0.480 e. The molecule has 0 aliphatic rings. The van der Waals surface area contributed by atoms with E-state index in [4.69, 9.17) is 10.5 Å². The second-order valence-corrected chi connectivity index (χ2v) is 4.92. The Bertz CT molecular complexity index is 433. The molecule has 0 heterocycles. The molecule has 1 aromatic rings. The van der Waals surface area contributed by atoms with Crippen LogP contribution in [-0.2, 0) is 11.2 Å². The largest absolute Gasteiger partial charge is 0.480 e. The summed E-state index contributed by atoms with van der Waals surface area (Å²) in [6.07, 6.45) is 0.499. The number of nitrogens with one attached hydrogen (secondary N) is 1. The van der Waals surface area contributed by atoms with E-state index in [1.807, 2.05) is 20.8 Å². The van der Waals surface area contributed by atoms with Gasteiger partial charge in [-0.1, -0.05) is 12.1 Å². The Morgan fingerprint density at radius 3 is 2.68 bits per heavy atom. The highest BCUT2D eigenvalue weighted by molar-refractivity contribution is 5.77. The summed E-state index contributed by atoms with van der Waals surface area (Å²) in [5.74, 6) is -0.640. The Morgan fingerprint density at radius 2 is 2.11 bits per heavy atom. The Kier molecular flexibility index (Phi) is 5.76. The molecule has 3 N–H and O–H groups in total. The zero-order chi connectivity index (χ0) is 14.4. The molecule has 0 bridgehead atoms. The first-order valence-electron chi connectivity index (χ1n) is 6.35. The van der Waals surface area contributed by atoms with Gasteiger partial charge in [0.1, 0.15) is 0 Å². The van der Waals surface area contributed by atoms with Crippen molar-refractivity contribution in [2.45, 2.75) is 39.3 Å². The lowest BCUT2D eigenvalue weighted by atomic mass is 10.1. The van der Waals surface area contributed by atoms with Crippen LogP contribution in [0.5, 0.6) is 5.75 Å². The van der Waals surface area contributed by atoms with Crippen LogP contribution in [0.15, 0.2) is 18.2 Å². The highest BCUT2D eigenvalue weighted by atomic mass is 19.1. The van der Waals surface area contributed by atoms with Crippen LogP contribution < -0.4 is 15.8 Å². The fraction of sp³-hybridized carbons (Fsp3) is 0.500. The molecule has 5 heteroatoms. The minimum absolute atomic E-state index is 0.0280. The van der Waals surface area contributed by atoms with E-state index < -0.39 is 5.82 Å². The van der Waals surface area contributed by atoms with Crippen molar-refractivity contribution in [3.63, 3.8) is 0 Å². The van der Waals surface area contributed by atoms with Crippen molar-refractivity contribution in [3.05, 3.63) is 29.6 Å². The Hall–Kier alpha value is -1.62. The first-order chi connectivity index (χ1) is 8.90. The van der Waals surface area contributed by atoms with Gasteiger partial charge in [-0.25, -0.2) is 4.39 Å². The molecule has 1 rings (SSSR count). The molecule has 0 fully saturated rings. The van der Waals surface area contributed by atoms with Crippen LogP contribution in [0.1, 0.15) is 26.3 Å². The Labute approximate surface area is 113 Å². The number of rotatable bonds is 6. The Morgan fingerprint density at radius 1 is 1.42 bits per heavy atom. The van der Waals surface area contributed by atoms with Gasteiger partial charge in [0, 0.05) is 12.1 Å². The number of amides is 1. The van der Waals surface area contributed by atoms with Crippen LogP contribution in [0.4, 0.5) is 4.39 Å². The molecule has 0 saturated heterocycles. The van der Waals surface area contributed by atoms with Gasteiger partial charge in [-0.2, -0.15) is 0 Å². The van der Waals surface area contributed by atoms with Crippen molar-refractivity contribution in [2.75, 3.05) is 6.61 Å². The summed E-state index contributed by atoms with van der Waals surface area (Å²) >= 11 is 0. The highest BCUT2D eigenvalue weighted by Crippen LogP contribution is 2.23. The van der Waals surface area contributed by atoms with E-state index >= 15 is 0 Å². The number of hydrogen-bond donors (Lipinski definition) is 2. The molecule has 19 heavy (non-hydrogen) atoms. The number of ether oxygens (including phenoxy) is 1. The SMILES string of the molecule is CC(N)Cc1cccc(F)c1OCC(=O)NC(C)C. The third-order valence-corrected chi connectivity index (χ3v) is 2.39. The van der Waals surface area contributed by atoms with Crippen molar-refractivity contribution in [1.82, 2.24) is 5.32 Å². The zero-order valence-electron chi connectivity index (χ0n) is 11.6. The maximum absolute atomic E-state index is 13.7. The van der Waals surface area contributed by atoms with E-state index in [1.54, 1.807) is 12.1 Å². The lowest BCUT2D eigenvalue weighted by Crippen LogP contribution is -2.34. The molecule has 1 amide bonds. The van der Waals surface area contributed by atoms with Gasteiger partial charge in [0.15, 0.2) is 18.2 Å². The van der Waals surface area contributed by atoms with E-state index in [9.17, 15) is 9.18 Å². The molecule has 4 nitrogen and oxygen atoms in total. The van der Waals surface area contributed by atoms with Crippen molar-refractivity contribution in [2.24, 2.45) is 5.73 Å². The molecule has 0 aromatic heterocycles. The average Bonchev–Trinajstić information content (AvgIpc) is 2.26. The first-order valence-corrected chi connectivity index (χ1v) is 6.35. The fourth-order valence-corrected chi connectivity index (χ4v) is 1.72. The third-order valence-electron chi connectivity index (χ3n) is 2.39. The summed E-state index contributed by atoms with van der Waals surface area (Å²) in [6.45, 7) is 5.33. The maximum atomic E-state index is 13.7. The molecule has 1 aromatic carbocycles. The number of nitrogens with two attached hydrogens (primary N) is 1. The fourth-order valence-electron chi connectivity index (χ4n) is 1.72. The van der Waals surface area contributed by atoms with E-state index in [0.29, 0.717) is 12.0 Å². The number of para-hydroxylation sites is 1. The van der Waals surface area contributed by atoms with Crippen molar-refractivity contribution < 1.29 is 13.9 Å². The van der Waals surface area contributed by atoms with Crippen LogP contribution in [0.2, 0.25) is 0 Å². The van der Waals surface area contributed by atoms with Gasteiger partial charge >= 0.3 is 0 Å². The summed E-state index contributed by atoms with van der Waals surface area (Å²) in [5.41, 5.74) is 6.38. The second-order valence-electron chi connectivity index (χ2n) is 4.92. The minimum atomic E-state index is -0.476. The monoisotopic (exact) mass is 268 g/mol. The first kappa shape index (κ1) is 15.4. The van der Waals surface area contributed by atoms with Crippen LogP contribution in [0.3, 0.4) is 0 Å². The number of halogens is 1. The molecule has 0 aliphatic heterocycles. The smallest absolute Gasteiger partial charge is 0.258 e. The van der Waals surface area contributed by atoms with Crippen molar-refractivity contribution in [1.29, 1.82) is 0 Å². The average molecular weight is 268 g/mol. The van der Waals surface area contributed by atoms with E-state index in [1.165, 1.54) is 6.07 Å². The van der Waals surface area contributed by atoms with E-state index in [-0.39, 0.29) is 30.3 Å². The van der Waals surface area contributed by atoms with E-state index in [0.717, 1.165) is 0 Å². The summed E-state index contributed by atoms with van der Waals surface area (Å²) in [4.78, 5) is 11.5. The number of hydrogen-bond acceptors (Lipinski definition) is 3. The molecule has 0 aliphatic carbocycles. The standard InChI is InChI=1S/C14H21FN2O2/c1-9(2)17-13(18)8-19-14-11(7-10(3)16)5-4-6-12(14)15/h4-6,9-10H,7-8,16H2,1-3H3,(H,17,18). The van der Waals surface area contributed by atoms with Gasteiger partial charge in [-0.3, -0.25) is 4.79 Å². The summed E-state index contributed by atoms with van der Waals surface area (Å²) in [5, 5.41) is 2.68. The quantitative estimate of drug-likeness (QED) is 0.824. The van der Waals surface area contributed by atoms with Crippen LogP contribution in [-0.4, -0.2) is 24.6 Å². The zero-order valence-corrected chi connectivity index (χ0v) is 11.6. The molecular weight excluding hydrogens is 247 g/mol. The van der Waals surface area contributed by atoms with Gasteiger partial charge in [-0.15, -0.1) is 0 Å². The highest BCUT2D eigenvalue weighted by Gasteiger charge is 2.13. The lowest BCUT2D eigenvalue weighted by Gasteiger charge is -2.14. The summed E-state index contributed by atoms with van der Waals surface area (Å²) in [6, 6.07) is 4.59. The van der Waals surface area contributed by atoms with Gasteiger partial charge in [0.05, 0.1) is 0 Å². The van der Waals surface area contributed by atoms with Crippen LogP contribution >= 0.6 is 0 Å². The Balaban J connectivity index is 2.73. The normalized spacial score (nSPS) is 12.3. The van der Waals surface area contributed by atoms with Crippen LogP contribution in [0.25, 0.3) is 0 Å². The third kappa shape index (κ3) is 5.26. The molecule has 106 valence electrons. The second kappa shape index (κ2) is 7.09. The van der Waals surface area contributed by atoms with Gasteiger partial charge in [-0.05, 0) is 38.8 Å². The molecule has 1 unspecified atom stereocenters. The van der Waals surface area contributed by atoms with Gasteiger partial charge in [0.25, 0.3) is 5.91 Å². The van der Waals surface area contributed by atoms with Crippen LogP contribution in [0, 0.1) is 5.82 Å². The predicted molar refractivity (Wildman–Crippen MR) is 72.5 cm³/mol. The number of benzene rings is 1. The molecule has 1 atom stereocenters. The topological polar surface area (TPSA) is 64.3 Å². The van der Waals surface area contributed by atoms with Gasteiger partial charge in [0.2, 0.25) is 0 Å². The summed E-state index contributed by atoms with van der Waals surface area (Å²) in [7, 11) is 0.